The standard InChI is InChI=1S/C16H27N3/c1-4-10-17-15(5-2)16-9-8-14(12-18-16)19-11-6-7-13(19)3/h8-9,12-13,15,17H,4-7,10-11H2,1-3H3. The van der Waals surface area contributed by atoms with Crippen molar-refractivity contribution in [1.29, 1.82) is 0 Å². The lowest BCUT2D eigenvalue weighted by atomic mass is 10.1. The lowest BCUT2D eigenvalue weighted by molar-refractivity contribution is 0.507. The van der Waals surface area contributed by atoms with E-state index in [1.807, 2.05) is 6.20 Å². The van der Waals surface area contributed by atoms with Gasteiger partial charge >= 0.3 is 0 Å². The number of anilines is 1. The van der Waals surface area contributed by atoms with E-state index in [2.05, 4.69) is 48.1 Å². The van der Waals surface area contributed by atoms with Crippen molar-refractivity contribution in [3.8, 4) is 0 Å². The molecule has 0 spiro atoms. The van der Waals surface area contributed by atoms with Crippen LogP contribution in [0.15, 0.2) is 18.3 Å². The maximum Gasteiger partial charge on any atom is 0.0574 e. The van der Waals surface area contributed by atoms with Crippen molar-refractivity contribution >= 4 is 5.69 Å². The quantitative estimate of drug-likeness (QED) is 0.849. The summed E-state index contributed by atoms with van der Waals surface area (Å²) in [5.41, 5.74) is 2.45. The molecule has 2 rings (SSSR count). The molecule has 1 N–H and O–H groups in total. The number of nitrogens with zero attached hydrogens (tertiary/aromatic N) is 2. The molecule has 1 aromatic rings. The zero-order valence-electron chi connectivity index (χ0n) is 12.5. The monoisotopic (exact) mass is 261 g/mol. The predicted molar refractivity (Wildman–Crippen MR) is 81.6 cm³/mol. The highest BCUT2D eigenvalue weighted by molar-refractivity contribution is 5.46. The molecule has 1 aromatic heterocycles. The van der Waals surface area contributed by atoms with Crippen LogP contribution in [0.3, 0.4) is 0 Å². The fourth-order valence-corrected chi connectivity index (χ4v) is 2.87. The van der Waals surface area contributed by atoms with Crippen LogP contribution >= 0.6 is 0 Å². The predicted octanol–water partition coefficient (Wildman–Crippen LogP) is 3.52. The van der Waals surface area contributed by atoms with Gasteiger partial charge in [0.1, 0.15) is 0 Å². The van der Waals surface area contributed by atoms with Gasteiger partial charge in [0.25, 0.3) is 0 Å². The third kappa shape index (κ3) is 3.47. The van der Waals surface area contributed by atoms with Gasteiger partial charge in [-0.2, -0.15) is 0 Å². The average molecular weight is 261 g/mol. The molecule has 106 valence electrons. The fourth-order valence-electron chi connectivity index (χ4n) is 2.87. The third-order valence-electron chi connectivity index (χ3n) is 4.06. The van der Waals surface area contributed by atoms with Gasteiger partial charge in [-0.15, -0.1) is 0 Å². The SMILES string of the molecule is CCCNC(CC)c1ccc(N2CCCC2C)cn1. The third-order valence-corrected chi connectivity index (χ3v) is 4.06. The van der Waals surface area contributed by atoms with E-state index in [4.69, 9.17) is 0 Å². The fraction of sp³-hybridized carbons (Fsp3) is 0.688. The van der Waals surface area contributed by atoms with Gasteiger partial charge in [0.05, 0.1) is 17.6 Å². The van der Waals surface area contributed by atoms with Gasteiger partial charge in [0.2, 0.25) is 0 Å². The van der Waals surface area contributed by atoms with Crippen molar-refractivity contribution in [2.45, 2.75) is 58.5 Å². The maximum absolute atomic E-state index is 4.68. The highest BCUT2D eigenvalue weighted by atomic mass is 15.2. The van der Waals surface area contributed by atoms with Gasteiger partial charge in [-0.1, -0.05) is 13.8 Å². The molecule has 0 bridgehead atoms. The zero-order chi connectivity index (χ0) is 13.7. The largest absolute Gasteiger partial charge is 0.368 e. The molecule has 3 heteroatoms. The average Bonchev–Trinajstić information content (AvgIpc) is 2.87. The smallest absolute Gasteiger partial charge is 0.0574 e. The number of aromatic nitrogens is 1. The Morgan fingerprint density at radius 3 is 2.79 bits per heavy atom. The minimum Gasteiger partial charge on any atom is -0.368 e. The van der Waals surface area contributed by atoms with Crippen molar-refractivity contribution < 1.29 is 0 Å². The van der Waals surface area contributed by atoms with E-state index in [-0.39, 0.29) is 0 Å². The summed E-state index contributed by atoms with van der Waals surface area (Å²) in [4.78, 5) is 7.15. The Labute approximate surface area is 117 Å². The van der Waals surface area contributed by atoms with Crippen molar-refractivity contribution in [1.82, 2.24) is 10.3 Å². The zero-order valence-corrected chi connectivity index (χ0v) is 12.5. The van der Waals surface area contributed by atoms with Crippen molar-refractivity contribution in [3.63, 3.8) is 0 Å². The summed E-state index contributed by atoms with van der Waals surface area (Å²) in [6, 6.07) is 5.48. The molecule has 0 radical (unpaired) electrons. The van der Waals surface area contributed by atoms with Crippen molar-refractivity contribution in [2.75, 3.05) is 18.0 Å². The van der Waals surface area contributed by atoms with Gasteiger partial charge in [0, 0.05) is 18.6 Å². The topological polar surface area (TPSA) is 28.2 Å². The van der Waals surface area contributed by atoms with Crippen molar-refractivity contribution in [3.05, 3.63) is 24.0 Å². The van der Waals surface area contributed by atoms with E-state index >= 15 is 0 Å². The van der Waals surface area contributed by atoms with E-state index in [9.17, 15) is 0 Å². The molecule has 2 unspecified atom stereocenters. The summed E-state index contributed by atoms with van der Waals surface area (Å²) >= 11 is 0. The van der Waals surface area contributed by atoms with E-state index in [0.29, 0.717) is 12.1 Å². The number of hydrogen-bond donors (Lipinski definition) is 1. The molecule has 1 aliphatic rings. The number of nitrogens with one attached hydrogen (secondary N) is 1. The molecule has 0 saturated carbocycles. The number of pyridine rings is 1. The normalized spacial score (nSPS) is 20.8. The van der Waals surface area contributed by atoms with E-state index in [0.717, 1.165) is 13.0 Å². The summed E-state index contributed by atoms with van der Waals surface area (Å²) in [6.07, 6.45) is 6.91. The van der Waals surface area contributed by atoms with Crippen LogP contribution in [-0.4, -0.2) is 24.1 Å². The summed E-state index contributed by atoms with van der Waals surface area (Å²) in [5.74, 6) is 0. The first-order valence-electron chi connectivity index (χ1n) is 7.72. The van der Waals surface area contributed by atoms with E-state index in [1.54, 1.807) is 0 Å². The Morgan fingerprint density at radius 2 is 2.26 bits per heavy atom. The highest BCUT2D eigenvalue weighted by Crippen LogP contribution is 2.25. The molecule has 19 heavy (non-hydrogen) atoms. The van der Waals surface area contributed by atoms with Crippen LogP contribution in [0.5, 0.6) is 0 Å². The first-order valence-corrected chi connectivity index (χ1v) is 7.72. The Hall–Kier alpha value is -1.09. The molecular weight excluding hydrogens is 234 g/mol. The molecule has 2 atom stereocenters. The summed E-state index contributed by atoms with van der Waals surface area (Å²) < 4.78 is 0. The Morgan fingerprint density at radius 1 is 1.42 bits per heavy atom. The number of rotatable bonds is 6. The van der Waals surface area contributed by atoms with Crippen molar-refractivity contribution in [2.24, 2.45) is 0 Å². The second-order valence-corrected chi connectivity index (χ2v) is 5.54. The van der Waals surface area contributed by atoms with E-state index < -0.39 is 0 Å². The number of hydrogen-bond acceptors (Lipinski definition) is 3. The van der Waals surface area contributed by atoms with E-state index in [1.165, 1.54) is 37.2 Å². The van der Waals surface area contributed by atoms with Gasteiger partial charge in [-0.05, 0) is 51.3 Å². The lowest BCUT2D eigenvalue weighted by Gasteiger charge is -2.24. The van der Waals surface area contributed by atoms with Crippen LogP contribution in [0, 0.1) is 0 Å². The highest BCUT2D eigenvalue weighted by Gasteiger charge is 2.21. The summed E-state index contributed by atoms with van der Waals surface area (Å²) in [5, 5.41) is 3.56. The van der Waals surface area contributed by atoms with Gasteiger partial charge in [-0.3, -0.25) is 4.98 Å². The minimum absolute atomic E-state index is 0.394. The van der Waals surface area contributed by atoms with Gasteiger partial charge < -0.3 is 10.2 Å². The second-order valence-electron chi connectivity index (χ2n) is 5.54. The second kappa shape index (κ2) is 6.90. The maximum atomic E-state index is 4.68. The molecule has 1 fully saturated rings. The molecule has 2 heterocycles. The lowest BCUT2D eigenvalue weighted by Crippen LogP contribution is -2.27. The van der Waals surface area contributed by atoms with Crippen LogP contribution in [0.25, 0.3) is 0 Å². The molecular formula is C16H27N3. The first-order chi connectivity index (χ1) is 9.26. The molecule has 0 aliphatic carbocycles. The molecule has 1 aliphatic heterocycles. The van der Waals surface area contributed by atoms with Gasteiger partial charge in [0.15, 0.2) is 0 Å². The van der Waals surface area contributed by atoms with Crippen LogP contribution in [0.1, 0.15) is 58.2 Å². The molecule has 3 nitrogen and oxygen atoms in total. The molecule has 1 saturated heterocycles. The molecule has 0 amide bonds. The Kier molecular flexibility index (Phi) is 5.20. The summed E-state index contributed by atoms with van der Waals surface area (Å²) in [7, 11) is 0. The minimum atomic E-state index is 0.394. The first kappa shape index (κ1) is 14.3. The van der Waals surface area contributed by atoms with Gasteiger partial charge in [-0.25, -0.2) is 0 Å². The summed E-state index contributed by atoms with van der Waals surface area (Å²) in [6.45, 7) is 8.95. The van der Waals surface area contributed by atoms with Crippen LogP contribution in [-0.2, 0) is 0 Å². The Balaban J connectivity index is 2.04. The van der Waals surface area contributed by atoms with Crippen LogP contribution in [0.4, 0.5) is 5.69 Å². The van der Waals surface area contributed by atoms with Crippen LogP contribution in [0.2, 0.25) is 0 Å². The Bertz CT molecular complexity index is 374. The van der Waals surface area contributed by atoms with Crippen LogP contribution < -0.4 is 10.2 Å². The molecule has 0 aromatic carbocycles.